The van der Waals surface area contributed by atoms with Crippen molar-refractivity contribution in [2.75, 3.05) is 38.5 Å². The van der Waals surface area contributed by atoms with Crippen LogP contribution in [0.5, 0.6) is 0 Å². The molecule has 18 heavy (non-hydrogen) atoms. The van der Waals surface area contributed by atoms with E-state index in [9.17, 15) is 0 Å². The van der Waals surface area contributed by atoms with Gasteiger partial charge in [0.1, 0.15) is 5.82 Å². The van der Waals surface area contributed by atoms with Gasteiger partial charge in [0, 0.05) is 45.8 Å². The van der Waals surface area contributed by atoms with E-state index in [1.165, 1.54) is 25.9 Å². The summed E-state index contributed by atoms with van der Waals surface area (Å²) in [5, 5.41) is 2.99. The Morgan fingerprint density at radius 1 is 1.17 bits per heavy atom. The number of aromatic nitrogens is 2. The number of rotatable bonds is 4. The van der Waals surface area contributed by atoms with Gasteiger partial charge in [0.25, 0.3) is 0 Å². The maximum atomic E-state index is 4.43. The van der Waals surface area contributed by atoms with Gasteiger partial charge < -0.3 is 5.32 Å². The quantitative estimate of drug-likeness (QED) is 0.852. The van der Waals surface area contributed by atoms with Crippen molar-refractivity contribution < 1.29 is 0 Å². The van der Waals surface area contributed by atoms with Crippen LogP contribution in [0.25, 0.3) is 0 Å². The summed E-state index contributed by atoms with van der Waals surface area (Å²) >= 11 is 0. The molecule has 1 aromatic rings. The van der Waals surface area contributed by atoms with Gasteiger partial charge in [0.05, 0.1) is 18.1 Å². The molecule has 0 unspecified atom stereocenters. The molecule has 0 spiro atoms. The van der Waals surface area contributed by atoms with Crippen molar-refractivity contribution in [3.8, 4) is 0 Å². The maximum absolute atomic E-state index is 4.43. The van der Waals surface area contributed by atoms with E-state index in [4.69, 9.17) is 0 Å². The van der Waals surface area contributed by atoms with E-state index in [1.807, 2.05) is 13.2 Å². The van der Waals surface area contributed by atoms with E-state index in [1.54, 1.807) is 6.20 Å². The van der Waals surface area contributed by atoms with E-state index in [0.29, 0.717) is 0 Å². The summed E-state index contributed by atoms with van der Waals surface area (Å²) in [4.78, 5) is 13.8. The summed E-state index contributed by atoms with van der Waals surface area (Å²) in [5.41, 5.74) is 1.06. The predicted octanol–water partition coefficient (Wildman–Crippen LogP) is 0.798. The summed E-state index contributed by atoms with van der Waals surface area (Å²) in [6.45, 7) is 5.67. The van der Waals surface area contributed by atoms with Crippen molar-refractivity contribution in [3.63, 3.8) is 0 Å². The molecule has 0 bridgehead atoms. The molecule has 0 aromatic carbocycles. The zero-order valence-corrected chi connectivity index (χ0v) is 11.0. The molecular formula is C13H21N5. The van der Waals surface area contributed by atoms with Crippen molar-refractivity contribution in [3.05, 3.63) is 18.1 Å². The smallest absolute Gasteiger partial charge is 0.144 e. The van der Waals surface area contributed by atoms with Crippen molar-refractivity contribution in [1.29, 1.82) is 0 Å². The first kappa shape index (κ1) is 11.9. The third kappa shape index (κ3) is 2.79. The van der Waals surface area contributed by atoms with Gasteiger partial charge in [-0.2, -0.15) is 0 Å². The van der Waals surface area contributed by atoms with Crippen molar-refractivity contribution in [1.82, 2.24) is 19.8 Å². The van der Waals surface area contributed by atoms with E-state index in [2.05, 4.69) is 25.1 Å². The number of piperazine rings is 1. The maximum Gasteiger partial charge on any atom is 0.144 e. The fourth-order valence-electron chi connectivity index (χ4n) is 2.52. The van der Waals surface area contributed by atoms with Gasteiger partial charge in [-0.15, -0.1) is 0 Å². The molecule has 98 valence electrons. The lowest BCUT2D eigenvalue weighted by Crippen LogP contribution is -2.46. The average molecular weight is 247 g/mol. The highest BCUT2D eigenvalue weighted by Crippen LogP contribution is 2.27. The molecule has 5 nitrogen and oxygen atoms in total. The molecule has 2 aliphatic rings. The number of anilines is 1. The normalized spacial score (nSPS) is 22.1. The summed E-state index contributed by atoms with van der Waals surface area (Å²) in [5.74, 6) is 0.831. The van der Waals surface area contributed by atoms with Crippen LogP contribution in [-0.2, 0) is 6.54 Å². The zero-order chi connectivity index (χ0) is 12.4. The molecule has 0 radical (unpaired) electrons. The Labute approximate surface area is 108 Å². The van der Waals surface area contributed by atoms with E-state index in [0.717, 1.165) is 37.2 Å². The van der Waals surface area contributed by atoms with Gasteiger partial charge in [-0.1, -0.05) is 0 Å². The molecule has 5 heteroatoms. The molecular weight excluding hydrogens is 226 g/mol. The summed E-state index contributed by atoms with van der Waals surface area (Å²) in [7, 11) is 1.86. The van der Waals surface area contributed by atoms with Crippen molar-refractivity contribution in [2.24, 2.45) is 0 Å². The Hall–Kier alpha value is -1.20. The Morgan fingerprint density at radius 2 is 1.94 bits per heavy atom. The number of nitrogens with zero attached hydrogens (tertiary/aromatic N) is 4. The molecule has 1 saturated carbocycles. The average Bonchev–Trinajstić information content (AvgIpc) is 3.25. The molecule has 0 atom stereocenters. The first-order valence-corrected chi connectivity index (χ1v) is 6.80. The fourth-order valence-corrected chi connectivity index (χ4v) is 2.52. The van der Waals surface area contributed by atoms with Gasteiger partial charge in [-0.25, -0.2) is 4.98 Å². The highest BCUT2D eigenvalue weighted by atomic mass is 15.3. The molecule has 2 fully saturated rings. The molecule has 1 aliphatic carbocycles. The van der Waals surface area contributed by atoms with Crippen LogP contribution >= 0.6 is 0 Å². The molecule has 1 aromatic heterocycles. The first-order valence-electron chi connectivity index (χ1n) is 6.80. The summed E-state index contributed by atoms with van der Waals surface area (Å²) < 4.78 is 0. The molecule has 1 saturated heterocycles. The second-order valence-electron chi connectivity index (χ2n) is 5.19. The van der Waals surface area contributed by atoms with Crippen LogP contribution < -0.4 is 5.32 Å². The number of hydrogen-bond donors (Lipinski definition) is 1. The number of hydrogen-bond acceptors (Lipinski definition) is 5. The van der Waals surface area contributed by atoms with Gasteiger partial charge in [0.2, 0.25) is 0 Å². The molecule has 1 N–H and O–H groups in total. The van der Waals surface area contributed by atoms with Gasteiger partial charge in [-0.05, 0) is 12.8 Å². The van der Waals surface area contributed by atoms with Gasteiger partial charge >= 0.3 is 0 Å². The largest absolute Gasteiger partial charge is 0.372 e. The van der Waals surface area contributed by atoms with Gasteiger partial charge in [0.15, 0.2) is 0 Å². The van der Waals surface area contributed by atoms with Crippen molar-refractivity contribution in [2.45, 2.75) is 25.4 Å². The monoisotopic (exact) mass is 247 g/mol. The Kier molecular flexibility index (Phi) is 3.43. The fraction of sp³-hybridized carbons (Fsp3) is 0.692. The van der Waals surface area contributed by atoms with E-state index >= 15 is 0 Å². The second-order valence-corrected chi connectivity index (χ2v) is 5.19. The van der Waals surface area contributed by atoms with Crippen LogP contribution in [0.15, 0.2) is 12.4 Å². The minimum atomic E-state index is 0.831. The summed E-state index contributed by atoms with van der Waals surface area (Å²) in [6.07, 6.45) is 6.50. The lowest BCUT2D eigenvalue weighted by Gasteiger charge is -2.34. The third-order valence-electron chi connectivity index (χ3n) is 3.82. The predicted molar refractivity (Wildman–Crippen MR) is 71.5 cm³/mol. The topological polar surface area (TPSA) is 44.3 Å². The SMILES string of the molecule is CNc1cnc(CN2CCN(C3CC3)CC2)cn1. The second kappa shape index (κ2) is 5.20. The minimum Gasteiger partial charge on any atom is -0.372 e. The van der Waals surface area contributed by atoms with E-state index in [-0.39, 0.29) is 0 Å². The molecule has 1 aliphatic heterocycles. The highest BCUT2D eigenvalue weighted by molar-refractivity contribution is 5.29. The van der Waals surface area contributed by atoms with Gasteiger partial charge in [-0.3, -0.25) is 14.8 Å². The van der Waals surface area contributed by atoms with Crippen LogP contribution in [0.3, 0.4) is 0 Å². The van der Waals surface area contributed by atoms with Crippen molar-refractivity contribution >= 4 is 5.82 Å². The molecule has 3 rings (SSSR count). The van der Waals surface area contributed by atoms with Crippen LogP contribution in [0.4, 0.5) is 5.82 Å². The van der Waals surface area contributed by atoms with Crippen LogP contribution in [-0.4, -0.2) is 59.0 Å². The van der Waals surface area contributed by atoms with Crippen LogP contribution in [0, 0.1) is 0 Å². The lowest BCUT2D eigenvalue weighted by atomic mass is 10.3. The standard InChI is InChI=1S/C13H21N5/c1-14-13-9-15-11(8-16-13)10-17-4-6-18(7-5-17)12-2-3-12/h8-9,12H,2-7,10H2,1H3,(H,14,16). The Balaban J connectivity index is 1.50. The minimum absolute atomic E-state index is 0.831. The number of nitrogens with one attached hydrogen (secondary N) is 1. The summed E-state index contributed by atoms with van der Waals surface area (Å²) in [6, 6.07) is 0.904. The zero-order valence-electron chi connectivity index (χ0n) is 11.0. The Bertz CT molecular complexity index is 379. The van der Waals surface area contributed by atoms with Crippen LogP contribution in [0.2, 0.25) is 0 Å². The molecule has 0 amide bonds. The Morgan fingerprint density at radius 3 is 2.50 bits per heavy atom. The first-order chi connectivity index (χ1) is 8.85. The third-order valence-corrected chi connectivity index (χ3v) is 3.82. The van der Waals surface area contributed by atoms with Crippen LogP contribution in [0.1, 0.15) is 18.5 Å². The molecule has 2 heterocycles. The van der Waals surface area contributed by atoms with E-state index < -0.39 is 0 Å². The highest BCUT2D eigenvalue weighted by Gasteiger charge is 2.31. The lowest BCUT2D eigenvalue weighted by molar-refractivity contribution is 0.120.